The van der Waals surface area contributed by atoms with E-state index in [4.69, 9.17) is 4.74 Å². The van der Waals surface area contributed by atoms with Gasteiger partial charge in [-0.15, -0.1) is 0 Å². The summed E-state index contributed by atoms with van der Waals surface area (Å²) >= 11 is 0. The van der Waals surface area contributed by atoms with Crippen molar-refractivity contribution in [2.45, 2.75) is 13.8 Å². The van der Waals surface area contributed by atoms with Crippen molar-refractivity contribution in [3.8, 4) is 17.0 Å². The van der Waals surface area contributed by atoms with Crippen LogP contribution >= 0.6 is 0 Å². The van der Waals surface area contributed by atoms with Crippen molar-refractivity contribution in [3.05, 3.63) is 57.9 Å². The van der Waals surface area contributed by atoms with Crippen molar-refractivity contribution in [2.24, 2.45) is 0 Å². The number of nitrogens with one attached hydrogen (secondary N) is 1. The van der Waals surface area contributed by atoms with Crippen molar-refractivity contribution in [1.29, 1.82) is 0 Å². The van der Waals surface area contributed by atoms with E-state index in [1.807, 2.05) is 50.2 Å². The minimum atomic E-state index is -0.181. The lowest BCUT2D eigenvalue weighted by Gasteiger charge is -2.11. The Morgan fingerprint density at radius 2 is 1.71 bits per heavy atom. The Hall–Kier alpha value is -2.62. The summed E-state index contributed by atoms with van der Waals surface area (Å²) in [4.78, 5) is 11.9. The van der Waals surface area contributed by atoms with Gasteiger partial charge in [0.2, 0.25) is 0 Å². The van der Waals surface area contributed by atoms with Crippen LogP contribution in [-0.4, -0.2) is 17.3 Å². The normalized spacial score (nSPS) is 10.8. The standard InChI is InChI=1S/C17H16N2O2/c1-10-4-6-12-14(8-10)16(18-19-17(12)20)13-7-5-11(2)9-15(13)21-3/h4-9H,1-3H3,(H,19,20). The van der Waals surface area contributed by atoms with Gasteiger partial charge in [0, 0.05) is 10.9 Å². The summed E-state index contributed by atoms with van der Waals surface area (Å²) in [7, 11) is 1.64. The number of aryl methyl sites for hydroxylation is 2. The maximum atomic E-state index is 11.9. The van der Waals surface area contributed by atoms with E-state index in [1.165, 1.54) is 0 Å². The first-order valence-electron chi connectivity index (χ1n) is 6.74. The topological polar surface area (TPSA) is 55.0 Å². The zero-order valence-corrected chi connectivity index (χ0v) is 12.2. The van der Waals surface area contributed by atoms with E-state index in [2.05, 4.69) is 10.2 Å². The molecule has 0 unspecified atom stereocenters. The second-order valence-corrected chi connectivity index (χ2v) is 5.15. The van der Waals surface area contributed by atoms with Crippen LogP contribution in [0.2, 0.25) is 0 Å². The highest BCUT2D eigenvalue weighted by Crippen LogP contribution is 2.33. The zero-order valence-electron chi connectivity index (χ0n) is 12.2. The number of hydrogen-bond donors (Lipinski definition) is 1. The average molecular weight is 280 g/mol. The van der Waals surface area contributed by atoms with E-state index < -0.39 is 0 Å². The minimum absolute atomic E-state index is 0.181. The monoisotopic (exact) mass is 280 g/mol. The third-order valence-corrected chi connectivity index (χ3v) is 3.56. The van der Waals surface area contributed by atoms with Crippen LogP contribution in [0.5, 0.6) is 5.75 Å². The van der Waals surface area contributed by atoms with Crippen molar-refractivity contribution in [1.82, 2.24) is 10.2 Å². The number of rotatable bonds is 2. The third kappa shape index (κ3) is 2.29. The predicted molar refractivity (Wildman–Crippen MR) is 83.8 cm³/mol. The fraction of sp³-hybridized carbons (Fsp3) is 0.176. The van der Waals surface area contributed by atoms with Crippen LogP contribution in [0.3, 0.4) is 0 Å². The van der Waals surface area contributed by atoms with Gasteiger partial charge in [-0.05, 0) is 43.7 Å². The van der Waals surface area contributed by atoms with Crippen molar-refractivity contribution in [2.75, 3.05) is 7.11 Å². The molecule has 1 aromatic heterocycles. The summed E-state index contributed by atoms with van der Waals surface area (Å²) < 4.78 is 5.46. The average Bonchev–Trinajstić information content (AvgIpc) is 2.48. The van der Waals surface area contributed by atoms with Gasteiger partial charge in [0.25, 0.3) is 5.56 Å². The van der Waals surface area contributed by atoms with Gasteiger partial charge in [-0.25, -0.2) is 5.10 Å². The number of aromatic amines is 1. The maximum Gasteiger partial charge on any atom is 0.272 e. The highest BCUT2D eigenvalue weighted by Gasteiger charge is 2.13. The molecule has 2 aromatic carbocycles. The Morgan fingerprint density at radius 1 is 1.00 bits per heavy atom. The van der Waals surface area contributed by atoms with E-state index in [-0.39, 0.29) is 5.56 Å². The molecular weight excluding hydrogens is 264 g/mol. The van der Waals surface area contributed by atoms with Crippen LogP contribution in [0.4, 0.5) is 0 Å². The van der Waals surface area contributed by atoms with E-state index in [0.29, 0.717) is 5.39 Å². The van der Waals surface area contributed by atoms with Crippen LogP contribution in [0.25, 0.3) is 22.0 Å². The molecular formula is C17H16N2O2. The van der Waals surface area contributed by atoms with Crippen molar-refractivity contribution in [3.63, 3.8) is 0 Å². The molecule has 3 aromatic rings. The molecule has 0 aliphatic heterocycles. The molecule has 106 valence electrons. The predicted octanol–water partition coefficient (Wildman–Crippen LogP) is 3.22. The number of hydrogen-bond acceptors (Lipinski definition) is 3. The van der Waals surface area contributed by atoms with Crippen LogP contribution < -0.4 is 10.3 Å². The molecule has 0 radical (unpaired) electrons. The zero-order chi connectivity index (χ0) is 15.0. The van der Waals surface area contributed by atoms with E-state index in [1.54, 1.807) is 7.11 Å². The fourth-order valence-corrected chi connectivity index (χ4v) is 2.48. The summed E-state index contributed by atoms with van der Waals surface area (Å²) in [5.41, 5.74) is 3.61. The third-order valence-electron chi connectivity index (χ3n) is 3.56. The smallest absolute Gasteiger partial charge is 0.272 e. The van der Waals surface area contributed by atoms with E-state index in [9.17, 15) is 4.79 Å². The van der Waals surface area contributed by atoms with Gasteiger partial charge in [0.05, 0.1) is 12.5 Å². The van der Waals surface area contributed by atoms with Crippen LogP contribution in [0.15, 0.2) is 41.2 Å². The van der Waals surface area contributed by atoms with Gasteiger partial charge in [-0.3, -0.25) is 4.79 Å². The molecule has 21 heavy (non-hydrogen) atoms. The second-order valence-electron chi connectivity index (χ2n) is 5.15. The lowest BCUT2D eigenvalue weighted by atomic mass is 10.0. The van der Waals surface area contributed by atoms with Crippen LogP contribution in [-0.2, 0) is 0 Å². The molecule has 0 fully saturated rings. The number of nitrogens with zero attached hydrogens (tertiary/aromatic N) is 1. The summed E-state index contributed by atoms with van der Waals surface area (Å²) in [6.45, 7) is 4.01. The summed E-state index contributed by atoms with van der Waals surface area (Å²) in [6.07, 6.45) is 0. The number of ether oxygens (including phenoxy) is 1. The van der Waals surface area contributed by atoms with Gasteiger partial charge in [-0.2, -0.15) is 5.10 Å². The van der Waals surface area contributed by atoms with E-state index in [0.717, 1.165) is 33.5 Å². The molecule has 0 bridgehead atoms. The Bertz CT molecular complexity index is 882. The van der Waals surface area contributed by atoms with Crippen LogP contribution in [0, 0.1) is 13.8 Å². The second kappa shape index (κ2) is 5.05. The molecule has 0 spiro atoms. The summed E-state index contributed by atoms with van der Waals surface area (Å²) in [6, 6.07) is 11.7. The quantitative estimate of drug-likeness (QED) is 0.784. The lowest BCUT2D eigenvalue weighted by molar-refractivity contribution is 0.416. The largest absolute Gasteiger partial charge is 0.496 e. The maximum absolute atomic E-state index is 11.9. The van der Waals surface area contributed by atoms with Gasteiger partial charge >= 0.3 is 0 Å². The molecule has 0 saturated carbocycles. The molecule has 0 aliphatic carbocycles. The fourth-order valence-electron chi connectivity index (χ4n) is 2.48. The minimum Gasteiger partial charge on any atom is -0.496 e. The lowest BCUT2D eigenvalue weighted by Crippen LogP contribution is -2.09. The Kier molecular flexibility index (Phi) is 3.22. The number of benzene rings is 2. The number of fused-ring (bicyclic) bond motifs is 1. The molecule has 3 rings (SSSR count). The highest BCUT2D eigenvalue weighted by atomic mass is 16.5. The van der Waals surface area contributed by atoms with Crippen molar-refractivity contribution >= 4 is 10.8 Å². The van der Waals surface area contributed by atoms with E-state index >= 15 is 0 Å². The molecule has 0 aliphatic rings. The van der Waals surface area contributed by atoms with Gasteiger partial charge in [0.1, 0.15) is 11.4 Å². The Labute approximate surface area is 122 Å². The molecule has 0 saturated heterocycles. The van der Waals surface area contributed by atoms with Gasteiger partial charge in [-0.1, -0.05) is 17.7 Å². The number of aromatic nitrogens is 2. The molecule has 0 amide bonds. The van der Waals surface area contributed by atoms with Crippen LogP contribution in [0.1, 0.15) is 11.1 Å². The Balaban J connectivity index is 2.38. The highest BCUT2D eigenvalue weighted by molar-refractivity contribution is 5.95. The number of H-pyrrole nitrogens is 1. The van der Waals surface area contributed by atoms with Gasteiger partial charge in [0.15, 0.2) is 0 Å². The van der Waals surface area contributed by atoms with Gasteiger partial charge < -0.3 is 4.74 Å². The molecule has 0 atom stereocenters. The first-order chi connectivity index (χ1) is 10.1. The van der Waals surface area contributed by atoms with Crippen molar-refractivity contribution < 1.29 is 4.74 Å². The first-order valence-corrected chi connectivity index (χ1v) is 6.74. The first kappa shape index (κ1) is 13.4. The Morgan fingerprint density at radius 3 is 2.48 bits per heavy atom. The number of methoxy groups -OCH3 is 1. The summed E-state index contributed by atoms with van der Waals surface area (Å²) in [5, 5.41) is 8.27. The summed E-state index contributed by atoms with van der Waals surface area (Å²) in [5.74, 6) is 0.748. The SMILES string of the molecule is COc1cc(C)ccc1-c1n[nH]c(=O)c2ccc(C)cc12. The molecule has 1 N–H and O–H groups in total. The molecule has 4 heteroatoms. The molecule has 4 nitrogen and oxygen atoms in total. The molecule has 1 heterocycles.